The molecular weight excluding hydrogens is 426 g/mol. The molecule has 0 aliphatic heterocycles. The molecule has 0 aliphatic rings. The Morgan fingerprint density at radius 1 is 1.03 bits per heavy atom. The number of rotatable bonds is 8. The third-order valence-electron chi connectivity index (χ3n) is 4.72. The van der Waals surface area contributed by atoms with Crippen LogP contribution in [0.5, 0.6) is 11.5 Å². The number of hydrogen-bond acceptors (Lipinski definition) is 6. The van der Waals surface area contributed by atoms with Crippen molar-refractivity contribution in [3.05, 3.63) is 72.6 Å². The highest BCUT2D eigenvalue weighted by atomic mass is 32.2. The number of methoxy groups -OCH3 is 2. The van der Waals surface area contributed by atoms with Crippen LogP contribution in [-0.4, -0.2) is 45.4 Å². The maximum absolute atomic E-state index is 12.7. The molecule has 0 aliphatic carbocycles. The minimum atomic E-state index is -0.194. The largest absolute Gasteiger partial charge is 0.497 e. The summed E-state index contributed by atoms with van der Waals surface area (Å²) in [6, 6.07) is 17.2. The molecule has 0 saturated heterocycles. The van der Waals surface area contributed by atoms with E-state index < -0.39 is 0 Å². The Morgan fingerprint density at radius 2 is 1.84 bits per heavy atom. The molecule has 8 nitrogen and oxygen atoms in total. The number of nitrogens with one attached hydrogen (secondary N) is 1. The van der Waals surface area contributed by atoms with E-state index in [9.17, 15) is 4.79 Å². The van der Waals surface area contributed by atoms with Crippen LogP contribution in [0.2, 0.25) is 0 Å². The van der Waals surface area contributed by atoms with E-state index in [1.165, 1.54) is 11.8 Å². The SMILES string of the molecule is COc1ccc(OC)c(NC(=O)CSc2nnc(-c3cccc(C)c3)n2-n2cccc2)c1. The molecule has 0 atom stereocenters. The number of thioether (sulfide) groups is 1. The average Bonchev–Trinajstić information content (AvgIpc) is 3.47. The van der Waals surface area contributed by atoms with Crippen LogP contribution in [0.15, 0.2) is 72.1 Å². The zero-order chi connectivity index (χ0) is 22.5. The summed E-state index contributed by atoms with van der Waals surface area (Å²) in [7, 11) is 3.13. The number of carbonyl (C=O) groups excluding carboxylic acids is 1. The number of hydrogen-bond donors (Lipinski definition) is 1. The monoisotopic (exact) mass is 449 g/mol. The standard InChI is InChI=1S/C23H23N5O3S/c1-16-7-6-8-17(13-16)22-25-26-23(28(22)27-11-4-5-12-27)32-15-21(29)24-19-14-18(30-2)9-10-20(19)31-3/h4-14H,15H2,1-3H3,(H,24,29). The summed E-state index contributed by atoms with van der Waals surface area (Å²) in [4.78, 5) is 12.7. The maximum atomic E-state index is 12.7. The predicted molar refractivity (Wildman–Crippen MR) is 124 cm³/mol. The Labute approximate surface area is 190 Å². The molecule has 164 valence electrons. The van der Waals surface area contributed by atoms with Crippen LogP contribution < -0.4 is 14.8 Å². The van der Waals surface area contributed by atoms with Gasteiger partial charge in [0.25, 0.3) is 0 Å². The molecule has 0 fully saturated rings. The van der Waals surface area contributed by atoms with Crippen molar-refractivity contribution in [2.24, 2.45) is 0 Å². The van der Waals surface area contributed by atoms with Crippen molar-refractivity contribution in [2.75, 3.05) is 25.3 Å². The lowest BCUT2D eigenvalue weighted by atomic mass is 10.1. The first kappa shape index (κ1) is 21.5. The molecule has 1 N–H and O–H groups in total. The molecular formula is C23H23N5O3S. The van der Waals surface area contributed by atoms with Crippen LogP contribution in [0.25, 0.3) is 11.4 Å². The number of aromatic nitrogens is 4. The molecule has 0 unspecified atom stereocenters. The lowest BCUT2D eigenvalue weighted by Crippen LogP contribution is -2.16. The van der Waals surface area contributed by atoms with Crippen molar-refractivity contribution in [1.82, 2.24) is 19.5 Å². The van der Waals surface area contributed by atoms with Gasteiger partial charge in [0.1, 0.15) is 11.5 Å². The number of carbonyl (C=O) groups is 1. The Morgan fingerprint density at radius 3 is 2.56 bits per heavy atom. The number of ether oxygens (including phenoxy) is 2. The van der Waals surface area contributed by atoms with Gasteiger partial charge in [0, 0.05) is 24.0 Å². The van der Waals surface area contributed by atoms with E-state index in [4.69, 9.17) is 9.47 Å². The van der Waals surface area contributed by atoms with E-state index in [1.54, 1.807) is 32.4 Å². The summed E-state index contributed by atoms with van der Waals surface area (Å²) < 4.78 is 14.4. The van der Waals surface area contributed by atoms with Gasteiger partial charge in [-0.15, -0.1) is 10.2 Å². The highest BCUT2D eigenvalue weighted by molar-refractivity contribution is 7.99. The second-order valence-electron chi connectivity index (χ2n) is 6.95. The van der Waals surface area contributed by atoms with Gasteiger partial charge in [0.2, 0.25) is 11.1 Å². The Hall–Kier alpha value is -3.72. The molecule has 32 heavy (non-hydrogen) atoms. The number of anilines is 1. The number of aryl methyl sites for hydroxylation is 1. The quantitative estimate of drug-likeness (QED) is 0.408. The minimum absolute atomic E-state index is 0.146. The van der Waals surface area contributed by atoms with E-state index >= 15 is 0 Å². The maximum Gasteiger partial charge on any atom is 0.234 e. The molecule has 0 radical (unpaired) electrons. The fourth-order valence-electron chi connectivity index (χ4n) is 3.21. The normalized spacial score (nSPS) is 10.7. The van der Waals surface area contributed by atoms with E-state index in [1.807, 2.05) is 59.0 Å². The van der Waals surface area contributed by atoms with Crippen molar-refractivity contribution in [3.63, 3.8) is 0 Å². The van der Waals surface area contributed by atoms with Gasteiger partial charge in [-0.25, -0.2) is 4.68 Å². The van der Waals surface area contributed by atoms with Gasteiger partial charge < -0.3 is 14.8 Å². The van der Waals surface area contributed by atoms with E-state index in [0.29, 0.717) is 28.2 Å². The molecule has 0 saturated carbocycles. The first-order chi connectivity index (χ1) is 15.6. The van der Waals surface area contributed by atoms with Gasteiger partial charge in [-0.2, -0.15) is 0 Å². The lowest BCUT2D eigenvalue weighted by Gasteiger charge is -2.13. The van der Waals surface area contributed by atoms with Gasteiger partial charge in [0.05, 0.1) is 25.7 Å². The number of amides is 1. The minimum Gasteiger partial charge on any atom is -0.497 e. The van der Waals surface area contributed by atoms with Crippen molar-refractivity contribution < 1.29 is 14.3 Å². The summed E-state index contributed by atoms with van der Waals surface area (Å²) >= 11 is 1.30. The van der Waals surface area contributed by atoms with Crippen LogP contribution in [0.4, 0.5) is 5.69 Å². The van der Waals surface area contributed by atoms with Gasteiger partial charge >= 0.3 is 0 Å². The molecule has 0 spiro atoms. The van der Waals surface area contributed by atoms with Crippen molar-refractivity contribution in [1.29, 1.82) is 0 Å². The third kappa shape index (κ3) is 4.62. The molecule has 2 aromatic carbocycles. The summed E-state index contributed by atoms with van der Waals surface area (Å²) in [5.74, 6) is 1.83. The zero-order valence-corrected chi connectivity index (χ0v) is 18.8. The van der Waals surface area contributed by atoms with Crippen molar-refractivity contribution >= 4 is 23.4 Å². The van der Waals surface area contributed by atoms with Gasteiger partial charge in [-0.05, 0) is 37.3 Å². The van der Waals surface area contributed by atoms with E-state index in [0.717, 1.165) is 11.1 Å². The zero-order valence-electron chi connectivity index (χ0n) is 18.0. The fourth-order valence-corrected chi connectivity index (χ4v) is 3.95. The topological polar surface area (TPSA) is 83.2 Å². The molecule has 9 heteroatoms. The summed E-state index contributed by atoms with van der Waals surface area (Å²) in [5.41, 5.74) is 2.62. The second kappa shape index (κ2) is 9.61. The van der Waals surface area contributed by atoms with Crippen LogP contribution in [0.3, 0.4) is 0 Å². The molecule has 4 aromatic rings. The molecule has 1 amide bonds. The Bertz CT molecular complexity index is 1220. The van der Waals surface area contributed by atoms with Crippen LogP contribution in [0.1, 0.15) is 5.56 Å². The molecule has 0 bridgehead atoms. The highest BCUT2D eigenvalue weighted by Gasteiger charge is 2.18. The fraction of sp³-hybridized carbons (Fsp3) is 0.174. The summed E-state index contributed by atoms with van der Waals surface area (Å²) in [6.45, 7) is 2.03. The Balaban J connectivity index is 1.56. The van der Waals surface area contributed by atoms with Gasteiger partial charge in [0.15, 0.2) is 5.82 Å². The van der Waals surface area contributed by atoms with Crippen LogP contribution in [-0.2, 0) is 4.79 Å². The van der Waals surface area contributed by atoms with Crippen molar-refractivity contribution in [2.45, 2.75) is 12.1 Å². The highest BCUT2D eigenvalue weighted by Crippen LogP contribution is 2.30. The average molecular weight is 450 g/mol. The van der Waals surface area contributed by atoms with Gasteiger partial charge in [-0.3, -0.25) is 9.47 Å². The van der Waals surface area contributed by atoms with Crippen molar-refractivity contribution in [3.8, 4) is 22.9 Å². The van der Waals surface area contributed by atoms with Gasteiger partial charge in [-0.1, -0.05) is 35.5 Å². The van der Waals surface area contributed by atoms with Crippen LogP contribution in [0, 0.1) is 6.92 Å². The van der Waals surface area contributed by atoms with E-state index in [2.05, 4.69) is 21.6 Å². The molecule has 2 aromatic heterocycles. The predicted octanol–water partition coefficient (Wildman–Crippen LogP) is 4.11. The van der Waals surface area contributed by atoms with Crippen LogP contribution >= 0.6 is 11.8 Å². The lowest BCUT2D eigenvalue weighted by molar-refractivity contribution is -0.113. The number of nitrogens with zero attached hydrogens (tertiary/aromatic N) is 4. The first-order valence-corrected chi connectivity index (χ1v) is 10.9. The van der Waals surface area contributed by atoms with E-state index in [-0.39, 0.29) is 11.7 Å². The third-order valence-corrected chi connectivity index (χ3v) is 5.64. The number of benzene rings is 2. The second-order valence-corrected chi connectivity index (χ2v) is 7.90. The first-order valence-electron chi connectivity index (χ1n) is 9.90. The smallest absolute Gasteiger partial charge is 0.234 e. The molecule has 4 rings (SSSR count). The molecule has 2 heterocycles. The summed E-state index contributed by atoms with van der Waals surface area (Å²) in [6.07, 6.45) is 3.82. The summed E-state index contributed by atoms with van der Waals surface area (Å²) in [5, 5.41) is 12.2. The Kier molecular flexibility index (Phi) is 6.46.